The van der Waals surface area contributed by atoms with Gasteiger partial charge in [0.25, 0.3) is 5.88 Å². The van der Waals surface area contributed by atoms with Gasteiger partial charge in [0.2, 0.25) is 0 Å². The molecule has 8 heteroatoms. The summed E-state index contributed by atoms with van der Waals surface area (Å²) in [6.07, 6.45) is 0. The second-order valence-electron chi connectivity index (χ2n) is 3.75. The van der Waals surface area contributed by atoms with Crippen molar-refractivity contribution >= 4 is 30.0 Å². The Kier molecular flexibility index (Phi) is 5.10. The summed E-state index contributed by atoms with van der Waals surface area (Å²) in [7, 11) is 0. The highest BCUT2D eigenvalue weighted by Crippen LogP contribution is 2.15. The van der Waals surface area contributed by atoms with Gasteiger partial charge < -0.3 is 20.7 Å². The summed E-state index contributed by atoms with van der Waals surface area (Å²) in [5, 5.41) is 3.57. The quantitative estimate of drug-likeness (QED) is 0.504. The normalized spacial score (nSPS) is 9.45. The molecule has 0 amide bonds. The minimum atomic E-state index is -0.537. The van der Waals surface area contributed by atoms with E-state index < -0.39 is 5.97 Å². The Labute approximate surface area is 121 Å². The van der Waals surface area contributed by atoms with Crippen molar-refractivity contribution in [3.05, 3.63) is 41.7 Å². The van der Waals surface area contributed by atoms with Crippen molar-refractivity contribution in [3.8, 4) is 5.88 Å². The number of benzene rings is 1. The zero-order chi connectivity index (χ0) is 13.8. The first-order valence-electron chi connectivity index (χ1n) is 5.40. The van der Waals surface area contributed by atoms with Crippen LogP contribution < -0.4 is 16.2 Å². The van der Waals surface area contributed by atoms with Gasteiger partial charge in [-0.2, -0.15) is 0 Å². The van der Waals surface area contributed by atoms with E-state index in [0.29, 0.717) is 17.0 Å². The molecule has 0 radical (unpaired) electrons. The lowest BCUT2D eigenvalue weighted by Crippen LogP contribution is -2.21. The molecule has 0 aliphatic carbocycles. The number of rotatable bonds is 3. The third kappa shape index (κ3) is 3.99. The van der Waals surface area contributed by atoms with Crippen LogP contribution in [0.3, 0.4) is 0 Å². The molecule has 0 spiro atoms. The van der Waals surface area contributed by atoms with Gasteiger partial charge in [0.1, 0.15) is 5.76 Å². The standard InChI is InChI=1S/C12H12N4O3.ClH/c1-7-6-10(16-19-7)18-11(17)8-2-4-9(5-3-8)15-12(13)14;/h2-6H,1H3,(H4,13,14,15);1H. The molecule has 0 aliphatic rings. The monoisotopic (exact) mass is 296 g/mol. The van der Waals surface area contributed by atoms with E-state index in [1.54, 1.807) is 31.2 Å². The van der Waals surface area contributed by atoms with Crippen molar-refractivity contribution < 1.29 is 14.1 Å². The number of carbonyl (C=O) groups excluding carboxylic acids is 1. The van der Waals surface area contributed by atoms with E-state index in [2.05, 4.69) is 10.1 Å². The van der Waals surface area contributed by atoms with E-state index in [0.717, 1.165) is 0 Å². The molecule has 0 fully saturated rings. The molecule has 2 aromatic rings. The fourth-order valence-electron chi connectivity index (χ4n) is 1.37. The van der Waals surface area contributed by atoms with Gasteiger partial charge in [0, 0.05) is 6.07 Å². The van der Waals surface area contributed by atoms with Crippen molar-refractivity contribution in [1.82, 2.24) is 5.16 Å². The van der Waals surface area contributed by atoms with Crippen LogP contribution in [0.25, 0.3) is 0 Å². The van der Waals surface area contributed by atoms with E-state index >= 15 is 0 Å². The van der Waals surface area contributed by atoms with Gasteiger partial charge in [0.15, 0.2) is 5.96 Å². The Morgan fingerprint density at radius 2 is 1.95 bits per heavy atom. The Hall–Kier alpha value is -2.54. The summed E-state index contributed by atoms with van der Waals surface area (Å²) < 4.78 is 9.80. The lowest BCUT2D eigenvalue weighted by atomic mass is 10.2. The zero-order valence-electron chi connectivity index (χ0n) is 10.6. The highest BCUT2D eigenvalue weighted by Gasteiger charge is 2.11. The van der Waals surface area contributed by atoms with Crippen molar-refractivity contribution in [2.75, 3.05) is 0 Å². The number of carbonyl (C=O) groups is 1. The molecular weight excluding hydrogens is 284 g/mol. The number of halogens is 1. The molecule has 0 saturated carbocycles. The summed E-state index contributed by atoms with van der Waals surface area (Å²) in [4.78, 5) is 15.6. The van der Waals surface area contributed by atoms with E-state index in [9.17, 15) is 4.79 Å². The Morgan fingerprint density at radius 1 is 1.30 bits per heavy atom. The Bertz CT molecular complexity index is 618. The number of nitrogens with two attached hydrogens (primary N) is 2. The molecule has 0 aliphatic heterocycles. The molecule has 0 atom stereocenters. The molecule has 106 valence electrons. The minimum Gasteiger partial charge on any atom is -0.400 e. The summed E-state index contributed by atoms with van der Waals surface area (Å²) in [5.41, 5.74) is 11.4. The third-order valence-electron chi connectivity index (χ3n) is 2.16. The predicted octanol–water partition coefficient (Wildman–Crippen LogP) is 1.53. The van der Waals surface area contributed by atoms with Crippen LogP contribution >= 0.6 is 12.4 Å². The number of guanidine groups is 1. The van der Waals surface area contributed by atoms with Crippen molar-refractivity contribution in [2.24, 2.45) is 16.5 Å². The maximum Gasteiger partial charge on any atom is 0.344 e. The molecule has 0 bridgehead atoms. The average Bonchev–Trinajstić information content (AvgIpc) is 2.75. The number of aliphatic imine (C=N–C) groups is 1. The molecular formula is C12H13ClN4O3. The van der Waals surface area contributed by atoms with Crippen molar-refractivity contribution in [1.29, 1.82) is 0 Å². The lowest BCUT2D eigenvalue weighted by Gasteiger charge is -2.00. The van der Waals surface area contributed by atoms with E-state index in [1.807, 2.05) is 0 Å². The lowest BCUT2D eigenvalue weighted by molar-refractivity contribution is 0.0721. The maximum absolute atomic E-state index is 11.8. The first-order valence-corrected chi connectivity index (χ1v) is 5.40. The van der Waals surface area contributed by atoms with Gasteiger partial charge in [-0.3, -0.25) is 0 Å². The summed E-state index contributed by atoms with van der Waals surface area (Å²) in [6, 6.07) is 7.83. The van der Waals surface area contributed by atoms with Crippen LogP contribution in [0, 0.1) is 6.92 Å². The maximum atomic E-state index is 11.8. The Balaban J connectivity index is 0.00000200. The summed E-state index contributed by atoms with van der Waals surface area (Å²) in [5.74, 6) is 0.0969. The summed E-state index contributed by atoms with van der Waals surface area (Å²) in [6.45, 7) is 1.70. The number of esters is 1. The van der Waals surface area contributed by atoms with Crippen LogP contribution in [-0.2, 0) is 0 Å². The molecule has 0 unspecified atom stereocenters. The number of aryl methyl sites for hydroxylation is 1. The molecule has 0 saturated heterocycles. The number of aromatic nitrogens is 1. The smallest absolute Gasteiger partial charge is 0.344 e. The van der Waals surface area contributed by atoms with Gasteiger partial charge >= 0.3 is 5.97 Å². The first kappa shape index (κ1) is 15.5. The fraction of sp³-hybridized carbons (Fsp3) is 0.0833. The Morgan fingerprint density at radius 3 is 2.45 bits per heavy atom. The van der Waals surface area contributed by atoms with Gasteiger partial charge in [-0.15, -0.1) is 12.4 Å². The van der Waals surface area contributed by atoms with Gasteiger partial charge in [-0.05, 0) is 36.3 Å². The van der Waals surface area contributed by atoms with Gasteiger partial charge in [-0.25, -0.2) is 9.79 Å². The molecule has 2 rings (SSSR count). The van der Waals surface area contributed by atoms with Crippen molar-refractivity contribution in [3.63, 3.8) is 0 Å². The van der Waals surface area contributed by atoms with Gasteiger partial charge in [0.05, 0.1) is 11.3 Å². The predicted molar refractivity (Wildman–Crippen MR) is 75.4 cm³/mol. The van der Waals surface area contributed by atoms with Crippen LogP contribution in [0.2, 0.25) is 0 Å². The van der Waals surface area contributed by atoms with Gasteiger partial charge in [-0.1, -0.05) is 0 Å². The fourth-order valence-corrected chi connectivity index (χ4v) is 1.37. The second kappa shape index (κ2) is 6.58. The SMILES string of the molecule is Cc1cc(OC(=O)c2ccc(N=C(N)N)cc2)no1.Cl. The van der Waals surface area contributed by atoms with Crippen LogP contribution in [-0.4, -0.2) is 17.1 Å². The van der Waals surface area contributed by atoms with Crippen LogP contribution in [0.1, 0.15) is 16.1 Å². The average molecular weight is 297 g/mol. The number of ether oxygens (including phenoxy) is 1. The zero-order valence-corrected chi connectivity index (χ0v) is 11.4. The molecule has 1 aromatic carbocycles. The van der Waals surface area contributed by atoms with Crippen LogP contribution in [0.5, 0.6) is 5.88 Å². The molecule has 4 N–H and O–H groups in total. The molecule has 1 heterocycles. The second-order valence-corrected chi connectivity index (χ2v) is 3.75. The van der Waals surface area contributed by atoms with E-state index in [1.165, 1.54) is 6.07 Å². The minimum absolute atomic E-state index is 0. The van der Waals surface area contributed by atoms with Crippen LogP contribution in [0.15, 0.2) is 39.8 Å². The van der Waals surface area contributed by atoms with E-state index in [4.69, 9.17) is 20.7 Å². The number of nitrogens with zero attached hydrogens (tertiary/aromatic N) is 2. The highest BCUT2D eigenvalue weighted by atomic mass is 35.5. The molecule has 1 aromatic heterocycles. The highest BCUT2D eigenvalue weighted by molar-refractivity contribution is 5.91. The van der Waals surface area contributed by atoms with Crippen molar-refractivity contribution in [2.45, 2.75) is 6.92 Å². The van der Waals surface area contributed by atoms with E-state index in [-0.39, 0.29) is 24.2 Å². The molecule has 7 nitrogen and oxygen atoms in total. The number of hydrogen-bond acceptors (Lipinski definition) is 5. The topological polar surface area (TPSA) is 117 Å². The first-order chi connectivity index (χ1) is 9.04. The molecule has 20 heavy (non-hydrogen) atoms. The van der Waals surface area contributed by atoms with Crippen LogP contribution in [0.4, 0.5) is 5.69 Å². The third-order valence-corrected chi connectivity index (χ3v) is 2.16. The largest absolute Gasteiger partial charge is 0.400 e. The number of hydrogen-bond donors (Lipinski definition) is 2. The summed E-state index contributed by atoms with van der Waals surface area (Å²) >= 11 is 0.